The number of halogens is 3. The molecule has 1 amide bonds. The highest BCUT2D eigenvalue weighted by atomic mass is 19.4. The van der Waals surface area contributed by atoms with Gasteiger partial charge in [0.25, 0.3) is 0 Å². The van der Waals surface area contributed by atoms with Crippen molar-refractivity contribution >= 4 is 28.7 Å². The summed E-state index contributed by atoms with van der Waals surface area (Å²) in [5, 5.41) is 20.9. The summed E-state index contributed by atoms with van der Waals surface area (Å²) in [6, 6.07) is 8.47. The molecule has 1 N–H and O–H groups in total. The van der Waals surface area contributed by atoms with Crippen LogP contribution >= 0.6 is 0 Å². The van der Waals surface area contributed by atoms with Crippen molar-refractivity contribution in [3.05, 3.63) is 36.0 Å². The van der Waals surface area contributed by atoms with E-state index < -0.39 is 59.8 Å². The molecule has 0 radical (unpaired) electrons. The maximum absolute atomic E-state index is 14.4. The van der Waals surface area contributed by atoms with E-state index in [4.69, 9.17) is 9.47 Å². The van der Waals surface area contributed by atoms with E-state index in [1.54, 1.807) is 39.0 Å². The fourth-order valence-electron chi connectivity index (χ4n) is 5.99. The maximum atomic E-state index is 14.4. The van der Waals surface area contributed by atoms with Gasteiger partial charge in [0.05, 0.1) is 11.1 Å². The SMILES string of the molecule is CC(C)(C)OC(=O)N1CCC(O)(COC(=O)[C@]23CN(c4ccc(C#N)c5ncccc45)C[C@@]2(C(F)(F)F)C3)CC1. The molecule has 2 atom stereocenters. The second-order valence-electron chi connectivity index (χ2n) is 12.1. The second kappa shape index (κ2) is 9.23. The zero-order valence-corrected chi connectivity index (χ0v) is 22.5. The van der Waals surface area contributed by atoms with E-state index >= 15 is 0 Å². The van der Waals surface area contributed by atoms with Gasteiger partial charge >= 0.3 is 18.2 Å². The van der Waals surface area contributed by atoms with Gasteiger partial charge < -0.3 is 24.4 Å². The fourth-order valence-corrected chi connectivity index (χ4v) is 5.99. The van der Waals surface area contributed by atoms with E-state index in [1.807, 2.05) is 6.07 Å². The monoisotopic (exact) mass is 560 g/mol. The van der Waals surface area contributed by atoms with Crippen molar-refractivity contribution in [2.45, 2.75) is 57.4 Å². The Labute approximate surface area is 229 Å². The van der Waals surface area contributed by atoms with Crippen LogP contribution < -0.4 is 4.90 Å². The molecule has 2 aliphatic heterocycles. The fraction of sp³-hybridized carbons (Fsp3) is 0.571. The maximum Gasteiger partial charge on any atom is 0.410 e. The highest BCUT2D eigenvalue weighted by molar-refractivity contribution is 5.96. The lowest BCUT2D eigenvalue weighted by Gasteiger charge is -2.38. The number of carbonyl (C=O) groups excluding carboxylic acids is 2. The summed E-state index contributed by atoms with van der Waals surface area (Å²) < 4.78 is 54.1. The number of anilines is 1. The molecule has 5 rings (SSSR count). The minimum atomic E-state index is -4.66. The smallest absolute Gasteiger partial charge is 0.410 e. The molecule has 0 bridgehead atoms. The van der Waals surface area contributed by atoms with Gasteiger partial charge in [-0.1, -0.05) is 0 Å². The Morgan fingerprint density at radius 2 is 1.85 bits per heavy atom. The third-order valence-corrected chi connectivity index (χ3v) is 8.28. The summed E-state index contributed by atoms with van der Waals surface area (Å²) in [6.45, 7) is 4.44. The Kier molecular flexibility index (Phi) is 6.45. The van der Waals surface area contributed by atoms with Crippen LogP contribution in [0.2, 0.25) is 0 Å². The molecule has 1 saturated carbocycles. The van der Waals surface area contributed by atoms with Crippen LogP contribution in [0.5, 0.6) is 0 Å². The molecule has 1 aromatic carbocycles. The highest BCUT2D eigenvalue weighted by Crippen LogP contribution is 2.75. The lowest BCUT2D eigenvalue weighted by molar-refractivity contribution is -0.197. The van der Waals surface area contributed by atoms with Crippen LogP contribution in [0, 0.1) is 22.2 Å². The highest BCUT2D eigenvalue weighted by Gasteiger charge is 2.87. The molecule has 1 aliphatic carbocycles. The Bertz CT molecular complexity index is 1390. The minimum Gasteiger partial charge on any atom is -0.462 e. The molecule has 0 unspecified atom stereocenters. The van der Waals surface area contributed by atoms with Crippen molar-refractivity contribution in [2.24, 2.45) is 10.8 Å². The Hall–Kier alpha value is -3.59. The number of alkyl halides is 3. The number of nitriles is 1. The first-order chi connectivity index (χ1) is 18.6. The van der Waals surface area contributed by atoms with Crippen LogP contribution in [0.25, 0.3) is 10.9 Å². The van der Waals surface area contributed by atoms with Crippen LogP contribution in [0.4, 0.5) is 23.7 Å². The molecular weight excluding hydrogens is 529 g/mol. The molecule has 3 aliphatic rings. The average molecular weight is 561 g/mol. The molecule has 3 heterocycles. The summed E-state index contributed by atoms with van der Waals surface area (Å²) in [5.74, 6) is -0.994. The number of aromatic nitrogens is 1. The van der Waals surface area contributed by atoms with Crippen molar-refractivity contribution in [3.8, 4) is 6.07 Å². The van der Waals surface area contributed by atoms with Gasteiger partial charge in [0.1, 0.15) is 34.7 Å². The van der Waals surface area contributed by atoms with Gasteiger partial charge in [0.15, 0.2) is 0 Å². The van der Waals surface area contributed by atoms with Crippen molar-refractivity contribution in [1.82, 2.24) is 9.88 Å². The Balaban J connectivity index is 1.30. The number of hydrogen-bond acceptors (Lipinski definition) is 8. The summed E-state index contributed by atoms with van der Waals surface area (Å²) >= 11 is 0. The Morgan fingerprint density at radius 1 is 1.15 bits per heavy atom. The van der Waals surface area contributed by atoms with Crippen molar-refractivity contribution < 1.29 is 37.3 Å². The van der Waals surface area contributed by atoms with Crippen molar-refractivity contribution in [1.29, 1.82) is 5.26 Å². The number of amides is 1. The first-order valence-electron chi connectivity index (χ1n) is 13.1. The summed E-state index contributed by atoms with van der Waals surface area (Å²) in [6.07, 6.45) is -3.88. The zero-order valence-electron chi connectivity index (χ0n) is 22.5. The number of benzene rings is 1. The number of aliphatic hydroxyl groups is 1. The summed E-state index contributed by atoms with van der Waals surface area (Å²) in [4.78, 5) is 32.8. The average Bonchev–Trinajstić information content (AvgIpc) is 3.43. The van der Waals surface area contributed by atoms with E-state index in [9.17, 15) is 33.1 Å². The van der Waals surface area contributed by atoms with E-state index in [-0.39, 0.29) is 32.5 Å². The third kappa shape index (κ3) is 4.60. The minimum absolute atomic E-state index is 0.0906. The standard InChI is InChI=1S/C28H31F3N4O5/c1-24(2,3)40-23(37)34-11-8-25(38,9-12-34)17-39-22(36)26-14-27(26,28(29,30)31)16-35(15-26)20-7-6-18(13-32)21-19(20)5-4-10-33-21/h4-7,10,38H,8-9,11-12,14-17H2,1-3H3/t26-,27-/m0/s1. The number of piperidine rings is 2. The van der Waals surface area contributed by atoms with Gasteiger partial charge in [-0.3, -0.25) is 9.78 Å². The van der Waals surface area contributed by atoms with Crippen LogP contribution in [0.15, 0.2) is 30.5 Å². The molecule has 2 saturated heterocycles. The third-order valence-electron chi connectivity index (χ3n) is 8.28. The number of carbonyl (C=O) groups is 2. The summed E-state index contributed by atoms with van der Waals surface area (Å²) in [7, 11) is 0. The number of esters is 1. The predicted octanol–water partition coefficient (Wildman–Crippen LogP) is 4.17. The lowest BCUT2D eigenvalue weighted by Crippen LogP contribution is -2.50. The largest absolute Gasteiger partial charge is 0.462 e. The van der Waals surface area contributed by atoms with E-state index in [0.717, 1.165) is 0 Å². The first kappa shape index (κ1) is 28.0. The topological polar surface area (TPSA) is 116 Å². The van der Waals surface area contributed by atoms with Crippen LogP contribution in [0.3, 0.4) is 0 Å². The van der Waals surface area contributed by atoms with Gasteiger partial charge in [-0.2, -0.15) is 18.4 Å². The quantitative estimate of drug-likeness (QED) is 0.554. The van der Waals surface area contributed by atoms with Crippen molar-refractivity contribution in [3.63, 3.8) is 0 Å². The van der Waals surface area contributed by atoms with Gasteiger partial charge in [-0.05, 0) is 64.3 Å². The molecule has 3 fully saturated rings. The Morgan fingerprint density at radius 3 is 2.48 bits per heavy atom. The molecule has 1 aromatic heterocycles. The molecule has 0 spiro atoms. The zero-order chi connectivity index (χ0) is 29.1. The number of fused-ring (bicyclic) bond motifs is 2. The van der Waals surface area contributed by atoms with E-state index in [0.29, 0.717) is 22.2 Å². The number of nitrogens with zero attached hydrogens (tertiary/aromatic N) is 4. The molecule has 12 heteroatoms. The molecule has 40 heavy (non-hydrogen) atoms. The number of pyridine rings is 1. The molecule has 2 aromatic rings. The molecular formula is C28H31F3N4O5. The van der Waals surface area contributed by atoms with Crippen LogP contribution in [-0.2, 0) is 14.3 Å². The summed E-state index contributed by atoms with van der Waals surface area (Å²) in [5.41, 5.74) is -5.09. The first-order valence-corrected chi connectivity index (χ1v) is 13.1. The van der Waals surface area contributed by atoms with Gasteiger partial charge in [-0.25, -0.2) is 4.79 Å². The second-order valence-corrected chi connectivity index (χ2v) is 12.1. The van der Waals surface area contributed by atoms with Crippen LogP contribution in [-0.4, -0.2) is 77.2 Å². The van der Waals surface area contributed by atoms with E-state index in [1.165, 1.54) is 22.1 Å². The van der Waals surface area contributed by atoms with E-state index in [2.05, 4.69) is 4.98 Å². The lowest BCUT2D eigenvalue weighted by atomic mass is 9.92. The van der Waals surface area contributed by atoms with Crippen LogP contribution in [0.1, 0.15) is 45.6 Å². The molecule has 9 nitrogen and oxygen atoms in total. The number of hydrogen-bond donors (Lipinski definition) is 1. The van der Waals surface area contributed by atoms with Gasteiger partial charge in [-0.15, -0.1) is 0 Å². The number of ether oxygens (including phenoxy) is 2. The molecule has 214 valence electrons. The van der Waals surface area contributed by atoms with Crippen molar-refractivity contribution in [2.75, 3.05) is 37.7 Å². The normalized spacial score (nSPS) is 25.8. The predicted molar refractivity (Wildman–Crippen MR) is 137 cm³/mol. The van der Waals surface area contributed by atoms with Gasteiger partial charge in [0, 0.05) is 43.4 Å². The van der Waals surface area contributed by atoms with Gasteiger partial charge in [0.2, 0.25) is 0 Å². The number of likely N-dealkylation sites (tertiary alicyclic amines) is 1. The number of rotatable bonds is 4.